The smallest absolute Gasteiger partial charge is 0.307 e. The van der Waals surface area contributed by atoms with Gasteiger partial charge < -0.3 is 14.4 Å². The molecule has 0 radical (unpaired) electrons. The highest BCUT2D eigenvalue weighted by molar-refractivity contribution is 5.95. The number of ether oxygens (including phenoxy) is 2. The molecule has 0 saturated carbocycles. The molecule has 0 aliphatic carbocycles. The Balaban J connectivity index is 3.14. The van der Waals surface area contributed by atoms with Crippen LogP contribution in [0.15, 0.2) is 18.2 Å². The summed E-state index contributed by atoms with van der Waals surface area (Å²) in [6, 6.07) is 2.67. The van der Waals surface area contributed by atoms with Crippen LogP contribution in [0.5, 0.6) is 0 Å². The van der Waals surface area contributed by atoms with E-state index < -0.39 is 33.1 Å². The Labute approximate surface area is 142 Å². The topological polar surface area (TPSA) is 142 Å². The number of nitro benzene ring substituents is 2. The van der Waals surface area contributed by atoms with Crippen molar-refractivity contribution in [2.24, 2.45) is 0 Å². The molecule has 0 fully saturated rings. The number of rotatable bonds is 9. The van der Waals surface area contributed by atoms with Crippen LogP contribution < -0.4 is 0 Å². The van der Waals surface area contributed by atoms with Crippen molar-refractivity contribution in [1.29, 1.82) is 0 Å². The molecule has 136 valence electrons. The summed E-state index contributed by atoms with van der Waals surface area (Å²) in [5, 5.41) is 21.8. The van der Waals surface area contributed by atoms with Gasteiger partial charge in [-0.15, -0.1) is 0 Å². The number of nitrogens with zero attached hydrogens (tertiary/aromatic N) is 3. The summed E-state index contributed by atoms with van der Waals surface area (Å²) in [5.41, 5.74) is -1.36. The normalized spacial score (nSPS) is 10.2. The first kappa shape index (κ1) is 20.0. The van der Waals surface area contributed by atoms with Crippen LogP contribution in [0, 0.1) is 20.2 Å². The molecule has 0 saturated heterocycles. The van der Waals surface area contributed by atoms with E-state index in [0.717, 1.165) is 18.2 Å². The summed E-state index contributed by atoms with van der Waals surface area (Å²) in [5.74, 6) is -1.23. The minimum atomic E-state index is -0.822. The van der Waals surface area contributed by atoms with Crippen molar-refractivity contribution >= 4 is 23.3 Å². The number of hydrogen-bond acceptors (Lipinski definition) is 8. The van der Waals surface area contributed by atoms with Gasteiger partial charge in [-0.3, -0.25) is 29.8 Å². The highest BCUT2D eigenvalue weighted by atomic mass is 16.6. The number of nitro groups is 2. The zero-order valence-electron chi connectivity index (χ0n) is 13.7. The summed E-state index contributed by atoms with van der Waals surface area (Å²) in [4.78, 5) is 45.3. The molecule has 11 nitrogen and oxygen atoms in total. The molecule has 0 aromatic heterocycles. The van der Waals surface area contributed by atoms with Crippen LogP contribution in [0.1, 0.15) is 16.8 Å². The highest BCUT2D eigenvalue weighted by Gasteiger charge is 2.23. The maximum Gasteiger partial charge on any atom is 0.307 e. The molecule has 0 spiro atoms. The fourth-order valence-electron chi connectivity index (χ4n) is 1.96. The van der Waals surface area contributed by atoms with Crippen molar-refractivity contribution in [1.82, 2.24) is 4.90 Å². The van der Waals surface area contributed by atoms with Crippen LogP contribution >= 0.6 is 0 Å². The summed E-state index contributed by atoms with van der Waals surface area (Å²) in [7, 11) is 2.62. The standard InChI is InChI=1S/C14H17N3O8/c1-24-6-5-15(4-3-13(18)25-2)14(19)10-7-11(16(20)21)9-12(8-10)17(22)23/h7-9H,3-6H2,1-2H3. The number of hydrogen-bond donors (Lipinski definition) is 0. The fourth-order valence-corrected chi connectivity index (χ4v) is 1.96. The van der Waals surface area contributed by atoms with Crippen molar-refractivity contribution in [3.05, 3.63) is 44.0 Å². The van der Waals surface area contributed by atoms with Crippen LogP contribution in [0.4, 0.5) is 11.4 Å². The molecule has 0 aliphatic rings. The van der Waals surface area contributed by atoms with E-state index in [0.29, 0.717) is 0 Å². The molecule has 0 N–H and O–H groups in total. The number of non-ortho nitro benzene ring substituents is 2. The van der Waals surface area contributed by atoms with Gasteiger partial charge in [-0.25, -0.2) is 0 Å². The van der Waals surface area contributed by atoms with Gasteiger partial charge in [0.15, 0.2) is 0 Å². The minimum Gasteiger partial charge on any atom is -0.469 e. The fraction of sp³-hybridized carbons (Fsp3) is 0.429. The van der Waals surface area contributed by atoms with Gasteiger partial charge in [0.05, 0.1) is 41.6 Å². The lowest BCUT2D eigenvalue weighted by Crippen LogP contribution is -2.35. The highest BCUT2D eigenvalue weighted by Crippen LogP contribution is 2.23. The molecule has 0 atom stereocenters. The van der Waals surface area contributed by atoms with Crippen LogP contribution in [0.2, 0.25) is 0 Å². The lowest BCUT2D eigenvalue weighted by Gasteiger charge is -2.21. The van der Waals surface area contributed by atoms with E-state index in [4.69, 9.17) is 4.74 Å². The zero-order chi connectivity index (χ0) is 19.0. The molecule has 25 heavy (non-hydrogen) atoms. The first-order valence-corrected chi connectivity index (χ1v) is 7.09. The second-order valence-corrected chi connectivity index (χ2v) is 4.86. The molecular weight excluding hydrogens is 338 g/mol. The van der Waals surface area contributed by atoms with Crippen molar-refractivity contribution in [3.8, 4) is 0 Å². The third-order valence-electron chi connectivity index (χ3n) is 3.24. The van der Waals surface area contributed by atoms with Crippen molar-refractivity contribution in [3.63, 3.8) is 0 Å². The Hall–Kier alpha value is -3.08. The summed E-state index contributed by atoms with van der Waals surface area (Å²) in [6.45, 7) is 0.234. The van der Waals surface area contributed by atoms with Crippen LogP contribution in [0.3, 0.4) is 0 Å². The van der Waals surface area contributed by atoms with Crippen LogP contribution in [0.25, 0.3) is 0 Å². The number of amides is 1. The first-order valence-electron chi connectivity index (χ1n) is 7.09. The average Bonchev–Trinajstić information content (AvgIpc) is 2.60. The molecule has 0 heterocycles. The van der Waals surface area contributed by atoms with Crippen molar-refractivity contribution < 1.29 is 28.9 Å². The minimum absolute atomic E-state index is 0.0225. The Kier molecular flexibility index (Phi) is 7.41. The molecule has 0 aliphatic heterocycles. The summed E-state index contributed by atoms with van der Waals surface area (Å²) < 4.78 is 9.39. The van der Waals surface area contributed by atoms with E-state index in [-0.39, 0.29) is 31.7 Å². The van der Waals surface area contributed by atoms with Gasteiger partial charge in [0.2, 0.25) is 0 Å². The number of benzene rings is 1. The van der Waals surface area contributed by atoms with Crippen LogP contribution in [-0.2, 0) is 14.3 Å². The van der Waals surface area contributed by atoms with Gasteiger partial charge in [0, 0.05) is 32.3 Å². The number of esters is 1. The number of methoxy groups -OCH3 is 2. The van der Waals surface area contributed by atoms with E-state index >= 15 is 0 Å². The van der Waals surface area contributed by atoms with Gasteiger partial charge in [0.25, 0.3) is 17.3 Å². The van der Waals surface area contributed by atoms with Crippen molar-refractivity contribution in [2.75, 3.05) is 33.9 Å². The molecule has 0 unspecified atom stereocenters. The second-order valence-electron chi connectivity index (χ2n) is 4.86. The Bertz CT molecular complexity index is 644. The maximum absolute atomic E-state index is 12.6. The maximum atomic E-state index is 12.6. The van der Waals surface area contributed by atoms with Gasteiger partial charge in [-0.1, -0.05) is 0 Å². The largest absolute Gasteiger partial charge is 0.469 e. The molecule has 1 aromatic rings. The average molecular weight is 355 g/mol. The third kappa shape index (κ3) is 5.80. The van der Waals surface area contributed by atoms with Gasteiger partial charge in [-0.2, -0.15) is 0 Å². The molecule has 1 aromatic carbocycles. The third-order valence-corrected chi connectivity index (χ3v) is 3.24. The van der Waals surface area contributed by atoms with E-state index in [9.17, 15) is 29.8 Å². The lowest BCUT2D eigenvalue weighted by molar-refractivity contribution is -0.394. The van der Waals surface area contributed by atoms with Gasteiger partial charge in [0.1, 0.15) is 0 Å². The Morgan fingerprint density at radius 1 is 1.04 bits per heavy atom. The van der Waals surface area contributed by atoms with E-state index in [2.05, 4.69) is 4.74 Å². The zero-order valence-corrected chi connectivity index (χ0v) is 13.7. The molecule has 0 bridgehead atoms. The van der Waals surface area contributed by atoms with E-state index in [1.807, 2.05) is 0 Å². The van der Waals surface area contributed by atoms with Gasteiger partial charge >= 0.3 is 5.97 Å². The Morgan fingerprint density at radius 2 is 1.60 bits per heavy atom. The number of carbonyl (C=O) groups excluding carboxylic acids is 2. The van der Waals surface area contributed by atoms with Crippen molar-refractivity contribution in [2.45, 2.75) is 6.42 Å². The van der Waals surface area contributed by atoms with Gasteiger partial charge in [-0.05, 0) is 0 Å². The van der Waals surface area contributed by atoms with E-state index in [1.165, 1.54) is 19.1 Å². The number of carbonyl (C=O) groups is 2. The first-order chi connectivity index (χ1) is 11.8. The molecule has 1 amide bonds. The molecule has 11 heteroatoms. The predicted molar refractivity (Wildman–Crippen MR) is 84.2 cm³/mol. The molecular formula is C14H17N3O8. The second kappa shape index (κ2) is 9.27. The quantitative estimate of drug-likeness (QED) is 0.365. The predicted octanol–water partition coefficient (Wildman–Crippen LogP) is 1.15. The summed E-state index contributed by atoms with van der Waals surface area (Å²) >= 11 is 0. The monoisotopic (exact) mass is 355 g/mol. The van der Waals surface area contributed by atoms with Crippen LogP contribution in [-0.4, -0.2) is 60.5 Å². The molecule has 1 rings (SSSR count). The lowest BCUT2D eigenvalue weighted by atomic mass is 10.1. The van der Waals surface area contributed by atoms with E-state index in [1.54, 1.807) is 0 Å². The SMILES string of the molecule is COCCN(CCC(=O)OC)C(=O)c1cc([N+](=O)[O-])cc([N+](=O)[O-])c1. The Morgan fingerprint density at radius 3 is 2.04 bits per heavy atom. The summed E-state index contributed by atoms with van der Waals surface area (Å²) in [6.07, 6.45) is -0.0943.